The van der Waals surface area contributed by atoms with Gasteiger partial charge in [-0.05, 0) is 60.4 Å². The largest absolute Gasteiger partial charge is 0.346 e. The molecule has 33 heavy (non-hydrogen) atoms. The SMILES string of the molecule is CCCCC(C)n1c(CCCc2ccc(Br)cc2)nn(Cc2ccc(C(C)(C)C)cc2)c1=O. The van der Waals surface area contributed by atoms with Crippen LogP contribution in [-0.4, -0.2) is 14.3 Å². The topological polar surface area (TPSA) is 39.8 Å². The molecule has 1 aromatic heterocycles. The maximum atomic E-state index is 13.4. The summed E-state index contributed by atoms with van der Waals surface area (Å²) in [5, 5.41) is 4.81. The number of hydrogen-bond acceptors (Lipinski definition) is 2. The van der Waals surface area contributed by atoms with Crippen LogP contribution in [-0.2, 0) is 24.8 Å². The van der Waals surface area contributed by atoms with E-state index in [9.17, 15) is 4.79 Å². The second-order valence-corrected chi connectivity index (χ2v) is 11.1. The second kappa shape index (κ2) is 11.3. The predicted octanol–water partition coefficient (Wildman–Crippen LogP) is 7.08. The van der Waals surface area contributed by atoms with Crippen molar-refractivity contribution < 1.29 is 0 Å². The zero-order valence-corrected chi connectivity index (χ0v) is 22.4. The Kier molecular flexibility index (Phi) is 8.75. The molecule has 0 aliphatic carbocycles. The Hall–Kier alpha value is -2.14. The summed E-state index contributed by atoms with van der Waals surface area (Å²) in [5.74, 6) is 0.909. The average molecular weight is 513 g/mol. The molecule has 2 aromatic carbocycles. The van der Waals surface area contributed by atoms with Gasteiger partial charge in [-0.2, -0.15) is 5.10 Å². The molecular formula is C28H38BrN3O. The van der Waals surface area contributed by atoms with E-state index in [1.54, 1.807) is 4.68 Å². The van der Waals surface area contributed by atoms with Gasteiger partial charge >= 0.3 is 5.69 Å². The first-order valence-corrected chi connectivity index (χ1v) is 13.0. The number of unbranched alkanes of at least 4 members (excludes halogenated alkanes) is 1. The number of hydrogen-bond donors (Lipinski definition) is 0. The quantitative estimate of drug-likeness (QED) is 0.291. The number of aryl methyl sites for hydroxylation is 2. The number of aromatic nitrogens is 3. The van der Waals surface area contributed by atoms with Crippen LogP contribution in [0.4, 0.5) is 0 Å². The first-order chi connectivity index (χ1) is 15.7. The zero-order chi connectivity index (χ0) is 24.0. The maximum Gasteiger partial charge on any atom is 0.346 e. The molecule has 1 atom stereocenters. The molecule has 0 saturated carbocycles. The molecule has 5 heteroatoms. The summed E-state index contributed by atoms with van der Waals surface area (Å²) in [5.41, 5.74) is 3.85. The average Bonchev–Trinajstić information content (AvgIpc) is 3.08. The molecule has 3 rings (SSSR count). The van der Waals surface area contributed by atoms with E-state index >= 15 is 0 Å². The third-order valence-electron chi connectivity index (χ3n) is 6.29. The van der Waals surface area contributed by atoms with Crippen molar-refractivity contribution in [3.63, 3.8) is 0 Å². The summed E-state index contributed by atoms with van der Waals surface area (Å²) in [6.07, 6.45) is 6.00. The van der Waals surface area contributed by atoms with Gasteiger partial charge in [0.2, 0.25) is 0 Å². The van der Waals surface area contributed by atoms with Crippen LogP contribution in [0.25, 0.3) is 0 Å². The fourth-order valence-electron chi connectivity index (χ4n) is 4.19. The normalized spacial score (nSPS) is 12.8. The first-order valence-electron chi connectivity index (χ1n) is 12.2. The van der Waals surface area contributed by atoms with Crippen molar-refractivity contribution in [2.24, 2.45) is 0 Å². The molecule has 3 aromatic rings. The third kappa shape index (κ3) is 6.92. The van der Waals surface area contributed by atoms with Crippen molar-refractivity contribution >= 4 is 15.9 Å². The third-order valence-corrected chi connectivity index (χ3v) is 6.82. The second-order valence-electron chi connectivity index (χ2n) is 10.1. The van der Waals surface area contributed by atoms with Crippen LogP contribution in [0.3, 0.4) is 0 Å². The Labute approximate surface area is 207 Å². The number of rotatable bonds is 10. The first kappa shape index (κ1) is 25.5. The molecule has 4 nitrogen and oxygen atoms in total. The van der Waals surface area contributed by atoms with E-state index in [-0.39, 0.29) is 17.1 Å². The minimum atomic E-state index is 0.0112. The highest BCUT2D eigenvalue weighted by Gasteiger charge is 2.19. The highest BCUT2D eigenvalue weighted by atomic mass is 79.9. The van der Waals surface area contributed by atoms with E-state index in [1.807, 2.05) is 4.57 Å². The van der Waals surface area contributed by atoms with Crippen molar-refractivity contribution in [3.8, 4) is 0 Å². The van der Waals surface area contributed by atoms with E-state index < -0.39 is 0 Å². The molecule has 0 aliphatic heterocycles. The molecule has 0 radical (unpaired) electrons. The van der Waals surface area contributed by atoms with Crippen LogP contribution in [0.5, 0.6) is 0 Å². The van der Waals surface area contributed by atoms with Gasteiger partial charge < -0.3 is 0 Å². The van der Waals surface area contributed by atoms with Gasteiger partial charge in [-0.25, -0.2) is 9.48 Å². The van der Waals surface area contributed by atoms with E-state index in [4.69, 9.17) is 5.10 Å². The lowest BCUT2D eigenvalue weighted by Crippen LogP contribution is -2.28. The number of benzene rings is 2. The molecule has 178 valence electrons. The molecule has 1 unspecified atom stereocenters. The highest BCUT2D eigenvalue weighted by molar-refractivity contribution is 9.10. The van der Waals surface area contributed by atoms with Crippen LogP contribution in [0.2, 0.25) is 0 Å². The minimum Gasteiger partial charge on any atom is -0.276 e. The Balaban J connectivity index is 1.79. The van der Waals surface area contributed by atoms with E-state index in [0.717, 1.165) is 54.4 Å². The van der Waals surface area contributed by atoms with Gasteiger partial charge in [0, 0.05) is 16.9 Å². The number of halogens is 1. The lowest BCUT2D eigenvalue weighted by molar-refractivity contribution is 0.452. The summed E-state index contributed by atoms with van der Waals surface area (Å²) < 4.78 is 4.70. The van der Waals surface area contributed by atoms with Gasteiger partial charge in [0.15, 0.2) is 0 Å². The van der Waals surface area contributed by atoms with Crippen molar-refractivity contribution in [2.45, 2.75) is 91.1 Å². The Bertz CT molecular complexity index is 1070. The van der Waals surface area contributed by atoms with Gasteiger partial charge in [0.05, 0.1) is 6.54 Å². The summed E-state index contributed by atoms with van der Waals surface area (Å²) >= 11 is 3.50. The monoisotopic (exact) mass is 511 g/mol. The molecule has 0 fully saturated rings. The van der Waals surface area contributed by atoms with Crippen LogP contribution < -0.4 is 5.69 Å². The minimum absolute atomic E-state index is 0.0112. The molecule has 0 bridgehead atoms. The van der Waals surface area contributed by atoms with E-state index in [2.05, 4.69) is 99.1 Å². The lowest BCUT2D eigenvalue weighted by Gasteiger charge is -2.19. The molecule has 0 amide bonds. The van der Waals surface area contributed by atoms with Gasteiger partial charge in [-0.15, -0.1) is 0 Å². The van der Waals surface area contributed by atoms with Gasteiger partial charge in [0.25, 0.3) is 0 Å². The van der Waals surface area contributed by atoms with Gasteiger partial charge in [-0.3, -0.25) is 4.57 Å². The Morgan fingerprint density at radius 1 is 0.939 bits per heavy atom. The predicted molar refractivity (Wildman–Crippen MR) is 141 cm³/mol. The van der Waals surface area contributed by atoms with Gasteiger partial charge in [-0.1, -0.05) is 92.9 Å². The van der Waals surface area contributed by atoms with Gasteiger partial charge in [0.1, 0.15) is 5.82 Å². The van der Waals surface area contributed by atoms with Crippen LogP contribution in [0.15, 0.2) is 57.8 Å². The molecule has 1 heterocycles. The summed E-state index contributed by atoms with van der Waals surface area (Å²) in [6.45, 7) is 11.5. The van der Waals surface area contributed by atoms with Crippen LogP contribution in [0, 0.1) is 0 Å². The zero-order valence-electron chi connectivity index (χ0n) is 20.8. The summed E-state index contributed by atoms with van der Waals surface area (Å²) in [6, 6.07) is 17.2. The van der Waals surface area contributed by atoms with Crippen molar-refractivity contribution in [3.05, 3.63) is 86.0 Å². The smallest absolute Gasteiger partial charge is 0.276 e. The molecule has 0 aliphatic rings. The lowest BCUT2D eigenvalue weighted by atomic mass is 9.87. The molecule has 0 spiro atoms. The fraction of sp³-hybridized carbons (Fsp3) is 0.500. The Morgan fingerprint density at radius 2 is 1.58 bits per heavy atom. The number of nitrogens with zero attached hydrogens (tertiary/aromatic N) is 3. The molecule has 0 N–H and O–H groups in total. The van der Waals surface area contributed by atoms with E-state index in [0.29, 0.717) is 6.54 Å². The Morgan fingerprint density at radius 3 is 2.18 bits per heavy atom. The van der Waals surface area contributed by atoms with Crippen molar-refractivity contribution in [1.29, 1.82) is 0 Å². The summed E-state index contributed by atoms with van der Waals surface area (Å²) in [4.78, 5) is 13.4. The standard InChI is InChI=1S/C28H38BrN3O/c1-6-7-9-21(2)32-26(11-8-10-22-14-18-25(29)19-15-22)30-31(27(32)33)20-23-12-16-24(17-13-23)28(3,4)5/h12-19,21H,6-11,20H2,1-5H3. The van der Waals surface area contributed by atoms with Crippen LogP contribution >= 0.6 is 15.9 Å². The summed E-state index contributed by atoms with van der Waals surface area (Å²) in [7, 11) is 0. The van der Waals surface area contributed by atoms with Crippen LogP contribution in [0.1, 0.15) is 88.9 Å². The van der Waals surface area contributed by atoms with E-state index in [1.165, 1.54) is 11.1 Å². The molecule has 0 saturated heterocycles. The maximum absolute atomic E-state index is 13.4. The van der Waals surface area contributed by atoms with Crippen molar-refractivity contribution in [2.75, 3.05) is 0 Å². The molecular weight excluding hydrogens is 474 g/mol. The fourth-order valence-corrected chi connectivity index (χ4v) is 4.46. The highest BCUT2D eigenvalue weighted by Crippen LogP contribution is 2.22. The van der Waals surface area contributed by atoms with Crippen molar-refractivity contribution in [1.82, 2.24) is 14.3 Å².